The van der Waals surface area contributed by atoms with Gasteiger partial charge in [-0.05, 0) is 12.1 Å². The molecule has 1 aromatic heterocycles. The van der Waals surface area contributed by atoms with E-state index < -0.39 is 11.6 Å². The van der Waals surface area contributed by atoms with Crippen molar-refractivity contribution < 1.29 is 17.9 Å². The first-order valence-electron chi connectivity index (χ1n) is 5.85. The topological polar surface area (TPSA) is 47.3 Å². The first kappa shape index (κ1) is 13.5. The summed E-state index contributed by atoms with van der Waals surface area (Å²) in [6.45, 7) is 4.51. The van der Waals surface area contributed by atoms with Crippen molar-refractivity contribution in [2.24, 2.45) is 0 Å². The van der Waals surface area contributed by atoms with E-state index in [4.69, 9.17) is 9.15 Å². The lowest BCUT2D eigenvalue weighted by Crippen LogP contribution is -2.21. The molecule has 0 aliphatic heterocycles. The largest absolute Gasteiger partial charge is 0.417 e. The number of hydrogen-bond acceptors (Lipinski definition) is 4. The van der Waals surface area contributed by atoms with Crippen molar-refractivity contribution in [3.8, 4) is 11.8 Å². The summed E-state index contributed by atoms with van der Waals surface area (Å²) in [7, 11) is 0. The number of nitrogens with zero attached hydrogens (tertiary/aromatic N) is 1. The molecule has 0 atom stereocenters. The molecule has 2 aromatic rings. The van der Waals surface area contributed by atoms with Gasteiger partial charge in [0.25, 0.3) is 0 Å². The van der Waals surface area contributed by atoms with Gasteiger partial charge in [0.15, 0.2) is 11.6 Å². The predicted octanol–water partition coefficient (Wildman–Crippen LogP) is 3.24. The SMILES string of the molecule is CC(C)NCc1coc(Oc2cc(F)ccc2F)n1. The summed E-state index contributed by atoms with van der Waals surface area (Å²) < 4.78 is 36.4. The van der Waals surface area contributed by atoms with Gasteiger partial charge < -0.3 is 14.5 Å². The number of halogens is 2. The third-order valence-corrected chi connectivity index (χ3v) is 2.31. The van der Waals surface area contributed by atoms with Crippen LogP contribution < -0.4 is 10.1 Å². The molecule has 0 amide bonds. The molecule has 0 fully saturated rings. The minimum Gasteiger partial charge on any atom is -0.417 e. The van der Waals surface area contributed by atoms with Gasteiger partial charge >= 0.3 is 6.08 Å². The zero-order valence-electron chi connectivity index (χ0n) is 10.6. The van der Waals surface area contributed by atoms with Crippen LogP contribution in [-0.4, -0.2) is 11.0 Å². The molecular formula is C13H14F2N2O2. The van der Waals surface area contributed by atoms with Crippen molar-refractivity contribution in [2.45, 2.75) is 26.4 Å². The van der Waals surface area contributed by atoms with Crippen LogP contribution in [0.2, 0.25) is 0 Å². The third kappa shape index (κ3) is 3.75. The van der Waals surface area contributed by atoms with Crippen LogP contribution in [0.3, 0.4) is 0 Å². The van der Waals surface area contributed by atoms with Crippen LogP contribution in [-0.2, 0) is 6.54 Å². The Labute approximate surface area is 109 Å². The van der Waals surface area contributed by atoms with E-state index in [0.29, 0.717) is 18.3 Å². The molecule has 1 heterocycles. The summed E-state index contributed by atoms with van der Waals surface area (Å²) in [5, 5.41) is 3.15. The molecule has 0 saturated heterocycles. The number of nitrogens with one attached hydrogen (secondary N) is 1. The van der Waals surface area contributed by atoms with E-state index >= 15 is 0 Å². The van der Waals surface area contributed by atoms with Crippen LogP contribution in [0.5, 0.6) is 11.8 Å². The predicted molar refractivity (Wildman–Crippen MR) is 64.9 cm³/mol. The molecule has 0 saturated carbocycles. The van der Waals surface area contributed by atoms with Crippen LogP contribution in [0, 0.1) is 11.6 Å². The molecule has 19 heavy (non-hydrogen) atoms. The lowest BCUT2D eigenvalue weighted by molar-refractivity contribution is 0.316. The Morgan fingerprint density at radius 3 is 2.89 bits per heavy atom. The quantitative estimate of drug-likeness (QED) is 0.904. The molecule has 1 aromatic carbocycles. The van der Waals surface area contributed by atoms with Gasteiger partial charge in [-0.2, -0.15) is 4.98 Å². The summed E-state index contributed by atoms with van der Waals surface area (Å²) in [4.78, 5) is 4.01. The molecule has 1 N–H and O–H groups in total. The standard InChI is InChI=1S/C13H14F2N2O2/c1-8(2)16-6-10-7-18-13(17-10)19-12-5-9(14)3-4-11(12)15/h3-5,7-8,16H,6H2,1-2H3. The second-order valence-corrected chi connectivity index (χ2v) is 4.32. The molecule has 0 spiro atoms. The Hall–Kier alpha value is -1.95. The molecule has 6 heteroatoms. The van der Waals surface area contributed by atoms with Gasteiger partial charge in [-0.1, -0.05) is 13.8 Å². The highest BCUT2D eigenvalue weighted by Gasteiger charge is 2.11. The van der Waals surface area contributed by atoms with Crippen LogP contribution in [0.4, 0.5) is 8.78 Å². The Kier molecular flexibility index (Phi) is 4.11. The van der Waals surface area contributed by atoms with E-state index in [0.717, 1.165) is 18.2 Å². The lowest BCUT2D eigenvalue weighted by Gasteiger charge is -2.04. The fourth-order valence-corrected chi connectivity index (χ4v) is 1.37. The van der Waals surface area contributed by atoms with E-state index in [-0.39, 0.29) is 11.8 Å². The van der Waals surface area contributed by atoms with Crippen molar-refractivity contribution in [2.75, 3.05) is 0 Å². The van der Waals surface area contributed by atoms with Gasteiger partial charge in [-0.25, -0.2) is 8.78 Å². The van der Waals surface area contributed by atoms with Crippen LogP contribution in [0.25, 0.3) is 0 Å². The maximum Gasteiger partial charge on any atom is 0.399 e. The van der Waals surface area contributed by atoms with Gasteiger partial charge in [-0.15, -0.1) is 0 Å². The second-order valence-electron chi connectivity index (χ2n) is 4.32. The third-order valence-electron chi connectivity index (χ3n) is 2.31. The highest BCUT2D eigenvalue weighted by Crippen LogP contribution is 2.24. The minimum atomic E-state index is -0.679. The molecule has 0 aliphatic carbocycles. The van der Waals surface area contributed by atoms with E-state index in [9.17, 15) is 8.78 Å². The number of oxazole rings is 1. The Balaban J connectivity index is 2.05. The van der Waals surface area contributed by atoms with Crippen molar-refractivity contribution in [1.29, 1.82) is 0 Å². The van der Waals surface area contributed by atoms with Crippen molar-refractivity contribution in [1.82, 2.24) is 10.3 Å². The number of hydrogen-bond donors (Lipinski definition) is 1. The van der Waals surface area contributed by atoms with E-state index in [1.165, 1.54) is 6.26 Å². The maximum atomic E-state index is 13.3. The fraction of sp³-hybridized carbons (Fsp3) is 0.308. The minimum absolute atomic E-state index is 0.120. The Morgan fingerprint density at radius 2 is 2.16 bits per heavy atom. The molecule has 4 nitrogen and oxygen atoms in total. The molecule has 0 bridgehead atoms. The normalized spacial score (nSPS) is 11.0. The molecule has 102 valence electrons. The molecular weight excluding hydrogens is 254 g/mol. The Morgan fingerprint density at radius 1 is 1.37 bits per heavy atom. The lowest BCUT2D eigenvalue weighted by atomic mass is 10.3. The summed E-state index contributed by atoms with van der Waals surface area (Å²) in [5.74, 6) is -1.53. The highest BCUT2D eigenvalue weighted by molar-refractivity contribution is 5.27. The summed E-state index contributed by atoms with van der Waals surface area (Å²) >= 11 is 0. The monoisotopic (exact) mass is 268 g/mol. The number of benzene rings is 1. The number of rotatable bonds is 5. The first-order valence-corrected chi connectivity index (χ1v) is 5.85. The number of ether oxygens (including phenoxy) is 1. The average molecular weight is 268 g/mol. The van der Waals surface area contributed by atoms with Crippen molar-refractivity contribution >= 4 is 0 Å². The van der Waals surface area contributed by atoms with E-state index in [1.807, 2.05) is 13.8 Å². The van der Waals surface area contributed by atoms with Crippen molar-refractivity contribution in [3.05, 3.63) is 41.8 Å². The first-order chi connectivity index (χ1) is 9.04. The van der Waals surface area contributed by atoms with Crippen LogP contribution >= 0.6 is 0 Å². The molecule has 0 radical (unpaired) electrons. The van der Waals surface area contributed by atoms with Crippen molar-refractivity contribution in [3.63, 3.8) is 0 Å². The summed E-state index contributed by atoms with van der Waals surface area (Å²) in [6.07, 6.45) is 1.28. The fourth-order valence-electron chi connectivity index (χ4n) is 1.37. The average Bonchev–Trinajstić information content (AvgIpc) is 2.79. The molecule has 2 rings (SSSR count). The highest BCUT2D eigenvalue weighted by atomic mass is 19.1. The zero-order valence-corrected chi connectivity index (χ0v) is 10.6. The van der Waals surface area contributed by atoms with Gasteiger partial charge in [-0.3, -0.25) is 0 Å². The second kappa shape index (κ2) is 5.79. The molecule has 0 aliphatic rings. The molecule has 0 unspecified atom stereocenters. The summed E-state index contributed by atoms with van der Waals surface area (Å²) in [5.41, 5.74) is 0.625. The van der Waals surface area contributed by atoms with Gasteiger partial charge in [0.2, 0.25) is 0 Å². The van der Waals surface area contributed by atoms with Crippen LogP contribution in [0.15, 0.2) is 28.9 Å². The Bertz CT molecular complexity index is 555. The van der Waals surface area contributed by atoms with E-state index in [2.05, 4.69) is 10.3 Å². The van der Waals surface area contributed by atoms with E-state index in [1.54, 1.807) is 0 Å². The zero-order chi connectivity index (χ0) is 13.8. The smallest absolute Gasteiger partial charge is 0.399 e. The van der Waals surface area contributed by atoms with Gasteiger partial charge in [0.1, 0.15) is 12.1 Å². The van der Waals surface area contributed by atoms with Gasteiger partial charge in [0, 0.05) is 18.7 Å². The van der Waals surface area contributed by atoms with Crippen LogP contribution in [0.1, 0.15) is 19.5 Å². The summed E-state index contributed by atoms with van der Waals surface area (Å²) in [6, 6.07) is 3.23. The van der Waals surface area contributed by atoms with Gasteiger partial charge in [0.05, 0.1) is 5.69 Å². The maximum absolute atomic E-state index is 13.3. The number of aromatic nitrogens is 1.